The van der Waals surface area contributed by atoms with Gasteiger partial charge in [0.15, 0.2) is 0 Å². The van der Waals surface area contributed by atoms with E-state index in [0.29, 0.717) is 0 Å². The number of rotatable bonds is 9. The maximum Gasteiger partial charge on any atom is 0.0478 e. The quantitative estimate of drug-likeness (QED) is 0.135. The van der Waals surface area contributed by atoms with Gasteiger partial charge in [-0.25, -0.2) is 0 Å². The topological polar surface area (TPSA) is 36.1 Å². The maximum atomic E-state index is 3.77. The standard InChI is InChI=1S/3C33H25NS/c1-33(2)27-20-22(34-28-15-9-17-30-31(28)26-12-6-7-16-29(26)35-30)18-19-24(27)25-14-8-13-23(32(25)33)21-10-4-3-5-11-21;1-33(2)27-18-15-22(21-9-4-3-5-10-21)19-26(27)24-17-16-23(20-28(24)33)34-29-12-8-14-31-32(29)25-11-6-7-13-30(25)35-31;1-33(2)27-19-22(21-9-4-3-5-10-21)15-17-24(27)25-18-16-23(20-28(25)33)34-29-12-8-14-31-32(29)26-11-6-7-13-30(26)35-31/h3*3-20,34H,1-2H3. The lowest BCUT2D eigenvalue weighted by Crippen LogP contribution is -2.16. The van der Waals surface area contributed by atoms with E-state index in [1.807, 2.05) is 34.0 Å². The van der Waals surface area contributed by atoms with Crippen LogP contribution in [0.4, 0.5) is 34.1 Å². The molecule has 15 aromatic carbocycles. The normalized spacial score (nSPS) is 13.7. The van der Waals surface area contributed by atoms with Crippen molar-refractivity contribution in [2.75, 3.05) is 16.0 Å². The highest BCUT2D eigenvalue weighted by molar-refractivity contribution is 7.26. The summed E-state index contributed by atoms with van der Waals surface area (Å²) in [5.41, 5.74) is 30.8. The summed E-state index contributed by atoms with van der Waals surface area (Å²) in [5, 5.41) is 19.2. The average molecular weight is 1400 g/mol. The van der Waals surface area contributed by atoms with Crippen LogP contribution < -0.4 is 16.0 Å². The van der Waals surface area contributed by atoms with Gasteiger partial charge in [-0.2, -0.15) is 0 Å². The fourth-order valence-electron chi connectivity index (χ4n) is 17.2. The Bertz CT molecular complexity index is 6460. The molecule has 3 aliphatic carbocycles. The van der Waals surface area contributed by atoms with Crippen LogP contribution in [0.5, 0.6) is 0 Å². The van der Waals surface area contributed by atoms with E-state index < -0.39 is 0 Å². The van der Waals surface area contributed by atoms with E-state index in [-0.39, 0.29) is 16.2 Å². The summed E-state index contributed by atoms with van der Waals surface area (Å²) in [7, 11) is 0. The number of anilines is 6. The lowest BCUT2D eigenvalue weighted by Gasteiger charge is -2.25. The summed E-state index contributed by atoms with van der Waals surface area (Å²) in [6, 6.07) is 119. The minimum absolute atomic E-state index is 0.0430. The van der Waals surface area contributed by atoms with Crippen LogP contribution in [0.15, 0.2) is 328 Å². The van der Waals surface area contributed by atoms with Crippen molar-refractivity contribution in [1.29, 1.82) is 0 Å². The molecule has 6 heteroatoms. The molecule has 504 valence electrons. The summed E-state index contributed by atoms with van der Waals surface area (Å²) in [4.78, 5) is 0. The Kier molecular flexibility index (Phi) is 15.5. The summed E-state index contributed by atoms with van der Waals surface area (Å²) in [5.74, 6) is 0. The van der Waals surface area contributed by atoms with Gasteiger partial charge in [0.25, 0.3) is 0 Å². The van der Waals surface area contributed by atoms with E-state index in [1.54, 1.807) is 0 Å². The number of thiophene rings is 3. The third-order valence-corrected chi connectivity index (χ3v) is 25.8. The van der Waals surface area contributed by atoms with Gasteiger partial charge in [0.2, 0.25) is 0 Å². The first-order valence-corrected chi connectivity index (χ1v) is 38.8. The van der Waals surface area contributed by atoms with E-state index in [0.717, 1.165) is 22.7 Å². The molecule has 0 saturated heterocycles. The third kappa shape index (κ3) is 11.0. The second kappa shape index (κ2) is 25.4. The van der Waals surface area contributed by atoms with Crippen molar-refractivity contribution in [1.82, 2.24) is 0 Å². The molecule has 0 spiro atoms. The minimum atomic E-state index is -0.0874. The number of hydrogen-bond donors (Lipinski definition) is 3. The number of hydrogen-bond acceptors (Lipinski definition) is 6. The number of fused-ring (bicyclic) bond motifs is 18. The molecule has 0 aliphatic heterocycles. The second-order valence-corrected chi connectivity index (χ2v) is 33.0. The van der Waals surface area contributed by atoms with Gasteiger partial charge < -0.3 is 16.0 Å². The molecule has 0 unspecified atom stereocenters. The van der Waals surface area contributed by atoms with Crippen LogP contribution in [0.1, 0.15) is 74.9 Å². The minimum Gasteiger partial charge on any atom is -0.355 e. The van der Waals surface area contributed by atoms with Crippen LogP contribution in [0, 0.1) is 0 Å². The zero-order chi connectivity index (χ0) is 70.7. The zero-order valence-electron chi connectivity index (χ0n) is 59.4. The molecule has 21 rings (SSSR count). The van der Waals surface area contributed by atoms with Crippen LogP contribution >= 0.6 is 34.0 Å². The third-order valence-electron chi connectivity index (χ3n) is 22.4. The summed E-state index contributed by atoms with van der Waals surface area (Å²) < 4.78 is 7.94. The van der Waals surface area contributed by atoms with Gasteiger partial charge >= 0.3 is 0 Å². The first-order valence-electron chi connectivity index (χ1n) is 36.4. The predicted octanol–water partition coefficient (Wildman–Crippen LogP) is 29.3. The summed E-state index contributed by atoms with van der Waals surface area (Å²) in [6.45, 7) is 14.1. The molecule has 105 heavy (non-hydrogen) atoms. The number of nitrogens with one attached hydrogen (secondary N) is 3. The highest BCUT2D eigenvalue weighted by atomic mass is 32.1. The fourth-order valence-corrected chi connectivity index (χ4v) is 20.6. The summed E-state index contributed by atoms with van der Waals surface area (Å²) >= 11 is 5.57. The largest absolute Gasteiger partial charge is 0.355 e. The molecule has 3 aliphatic rings. The number of benzene rings is 15. The lowest BCUT2D eigenvalue weighted by atomic mass is 9.79. The van der Waals surface area contributed by atoms with Gasteiger partial charge in [0.05, 0.1) is 0 Å². The van der Waals surface area contributed by atoms with Gasteiger partial charge in [-0.15, -0.1) is 34.0 Å². The highest BCUT2D eigenvalue weighted by Crippen LogP contribution is 2.56. The maximum absolute atomic E-state index is 3.77. The molecule has 3 heterocycles. The van der Waals surface area contributed by atoms with Crippen molar-refractivity contribution in [3.05, 3.63) is 361 Å². The smallest absolute Gasteiger partial charge is 0.0478 e. The van der Waals surface area contributed by atoms with Gasteiger partial charge in [0.1, 0.15) is 0 Å². The first kappa shape index (κ1) is 64.2. The Morgan fingerprint density at radius 2 is 0.543 bits per heavy atom. The second-order valence-electron chi connectivity index (χ2n) is 29.7. The summed E-state index contributed by atoms with van der Waals surface area (Å²) in [6.07, 6.45) is 0. The molecule has 0 radical (unpaired) electrons. The van der Waals surface area contributed by atoms with Crippen molar-refractivity contribution >= 4 is 129 Å². The molecular weight excluding hydrogens is 1330 g/mol. The molecule has 18 aromatic rings. The SMILES string of the molecule is CC1(C)c2cc(Nc3cccc4sc5ccccc5c34)ccc2-c2ccc(-c3ccccc3)cc21.CC1(C)c2cc(Nc3cccc4sc5ccccc5c34)ccc2-c2cccc(-c3ccccc3)c21.CC1(C)c2ccc(-c3ccccc3)cc2-c2ccc(Nc3cccc4sc5ccccc5c34)cc21. The highest BCUT2D eigenvalue weighted by Gasteiger charge is 2.40. The molecule has 3 nitrogen and oxygen atoms in total. The van der Waals surface area contributed by atoms with Gasteiger partial charge in [-0.3, -0.25) is 0 Å². The molecular formula is C99H75N3S3. The van der Waals surface area contributed by atoms with E-state index in [9.17, 15) is 0 Å². The Balaban J connectivity index is 0.000000108. The van der Waals surface area contributed by atoms with E-state index >= 15 is 0 Å². The Labute approximate surface area is 625 Å². The van der Waals surface area contributed by atoms with Crippen molar-refractivity contribution in [2.24, 2.45) is 0 Å². The molecule has 0 amide bonds. The average Bonchev–Trinajstić information content (AvgIpc) is 1.58. The fraction of sp³-hybridized carbons (Fsp3) is 0.0909. The first-order chi connectivity index (χ1) is 51.3. The zero-order valence-corrected chi connectivity index (χ0v) is 61.9. The van der Waals surface area contributed by atoms with Gasteiger partial charge in [0, 0.05) is 111 Å². The van der Waals surface area contributed by atoms with Crippen molar-refractivity contribution < 1.29 is 0 Å². The van der Waals surface area contributed by atoms with E-state index in [4.69, 9.17) is 0 Å². The van der Waals surface area contributed by atoms with Crippen LogP contribution in [0.3, 0.4) is 0 Å². The predicted molar refractivity (Wildman–Crippen MR) is 456 cm³/mol. The molecule has 0 bridgehead atoms. The molecule has 3 aromatic heterocycles. The molecule has 0 fully saturated rings. The molecule has 0 saturated carbocycles. The van der Waals surface area contributed by atoms with E-state index in [2.05, 4.69) is 385 Å². The monoisotopic (exact) mass is 1400 g/mol. The van der Waals surface area contributed by atoms with Crippen LogP contribution in [-0.4, -0.2) is 0 Å². The molecule has 3 N–H and O–H groups in total. The van der Waals surface area contributed by atoms with Crippen molar-refractivity contribution in [2.45, 2.75) is 57.8 Å². The van der Waals surface area contributed by atoms with E-state index in [1.165, 1.54) is 172 Å². The van der Waals surface area contributed by atoms with Gasteiger partial charge in [-0.1, -0.05) is 266 Å². The van der Waals surface area contributed by atoms with Crippen molar-refractivity contribution in [3.63, 3.8) is 0 Å². The van der Waals surface area contributed by atoms with Crippen LogP contribution in [0.2, 0.25) is 0 Å². The Morgan fingerprint density at radius 3 is 1.01 bits per heavy atom. The van der Waals surface area contributed by atoms with Gasteiger partial charge in [-0.05, 0) is 203 Å². The molecule has 0 atom stereocenters. The lowest BCUT2D eigenvalue weighted by molar-refractivity contribution is 0.660. The van der Waals surface area contributed by atoms with Crippen LogP contribution in [0.25, 0.3) is 127 Å². The Morgan fingerprint density at radius 1 is 0.210 bits per heavy atom. The Hall–Kier alpha value is -11.6. The van der Waals surface area contributed by atoms with Crippen LogP contribution in [-0.2, 0) is 16.2 Å². The van der Waals surface area contributed by atoms with Crippen molar-refractivity contribution in [3.8, 4) is 66.8 Å².